The van der Waals surface area contributed by atoms with Crippen molar-refractivity contribution in [3.05, 3.63) is 315 Å². The third-order valence-corrected chi connectivity index (χ3v) is 30.1. The molecule has 0 N–H and O–H groups in total. The van der Waals surface area contributed by atoms with Gasteiger partial charge in [0.2, 0.25) is 0 Å². The van der Waals surface area contributed by atoms with Crippen LogP contribution in [-0.4, -0.2) is 25.3 Å². The van der Waals surface area contributed by atoms with Crippen molar-refractivity contribution in [2.45, 2.75) is 0 Å². The number of aromatic nitrogens is 2. The Morgan fingerprint density at radius 2 is 0.607 bits per heavy atom. The summed E-state index contributed by atoms with van der Waals surface area (Å²) in [6.45, 7) is 0. The number of rotatable bonds is 10. The Hall–Kier alpha value is -9.67. The first-order chi connectivity index (χ1) is 41.7. The van der Waals surface area contributed by atoms with E-state index in [1.807, 2.05) is 22.7 Å². The Morgan fingerprint density at radius 1 is 0.214 bits per heavy atom. The van der Waals surface area contributed by atoms with Crippen LogP contribution < -0.4 is 41.5 Å². The molecule has 4 heterocycles. The molecule has 0 unspecified atom stereocenters. The highest BCUT2D eigenvalue weighted by Gasteiger charge is 2.45. The maximum Gasteiger partial charge on any atom is 0.181 e. The molecule has 0 radical (unpaired) electrons. The molecule has 13 aromatic carbocycles. The zero-order valence-corrected chi connectivity index (χ0v) is 49.4. The molecule has 0 bridgehead atoms. The first-order valence-electron chi connectivity index (χ1n) is 28.9. The van der Waals surface area contributed by atoms with Crippen LogP contribution in [0, 0.1) is 0 Å². The highest BCUT2D eigenvalue weighted by molar-refractivity contribution is 7.31. The molecular weight excluding hydrogens is 1090 g/mol. The van der Waals surface area contributed by atoms with Crippen LogP contribution in [-0.2, 0) is 0 Å². The van der Waals surface area contributed by atoms with Crippen LogP contribution in [0.2, 0.25) is 0 Å². The smallest absolute Gasteiger partial charge is 0.181 e. The number of thiophene rings is 2. The number of benzene rings is 13. The third kappa shape index (κ3) is 7.25. The van der Waals surface area contributed by atoms with E-state index < -0.39 is 16.1 Å². The van der Waals surface area contributed by atoms with Gasteiger partial charge in [0.15, 0.2) is 16.1 Å². The van der Waals surface area contributed by atoms with E-state index in [1.54, 1.807) is 0 Å². The molecule has 2 nitrogen and oxygen atoms in total. The number of hydrogen-bond acceptors (Lipinski definition) is 2. The van der Waals surface area contributed by atoms with Crippen LogP contribution in [0.3, 0.4) is 0 Å². The molecule has 394 valence electrons. The minimum atomic E-state index is -3.13. The normalized spacial score (nSPS) is 12.3. The molecule has 0 fully saturated rings. The predicted octanol–water partition coefficient (Wildman–Crippen LogP) is 15.4. The second kappa shape index (κ2) is 19.5. The topological polar surface area (TPSA) is 9.86 Å². The number of fused-ring (bicyclic) bond motifs is 12. The summed E-state index contributed by atoms with van der Waals surface area (Å²) >= 11 is 3.86. The molecule has 0 saturated carbocycles. The summed E-state index contributed by atoms with van der Waals surface area (Å²) in [5.41, 5.74) is 7.10. The highest BCUT2D eigenvalue weighted by Crippen LogP contribution is 2.41. The van der Waals surface area contributed by atoms with Crippen LogP contribution in [0.1, 0.15) is 0 Å². The second-order valence-electron chi connectivity index (χ2n) is 22.2. The van der Waals surface area contributed by atoms with Crippen molar-refractivity contribution in [1.82, 2.24) is 9.13 Å². The first kappa shape index (κ1) is 49.0. The van der Waals surface area contributed by atoms with Gasteiger partial charge in [-0.05, 0) is 108 Å². The van der Waals surface area contributed by atoms with E-state index in [1.165, 1.54) is 125 Å². The van der Waals surface area contributed by atoms with Crippen LogP contribution in [0.5, 0.6) is 0 Å². The Bertz CT molecular complexity index is 5300. The van der Waals surface area contributed by atoms with Crippen molar-refractivity contribution in [3.63, 3.8) is 0 Å². The van der Waals surface area contributed by atoms with E-state index in [4.69, 9.17) is 0 Å². The van der Waals surface area contributed by atoms with E-state index in [-0.39, 0.29) is 0 Å². The molecule has 4 aromatic heterocycles. The maximum absolute atomic E-state index is 3.13. The van der Waals surface area contributed by atoms with Gasteiger partial charge in [0.05, 0.1) is 22.1 Å². The lowest BCUT2D eigenvalue weighted by Gasteiger charge is -2.35. The number of para-hydroxylation sites is 3. The lowest BCUT2D eigenvalue weighted by Crippen LogP contribution is -2.74. The molecule has 0 aliphatic carbocycles. The Morgan fingerprint density at radius 3 is 1.17 bits per heavy atom. The van der Waals surface area contributed by atoms with E-state index in [2.05, 4.69) is 325 Å². The number of nitrogens with zero attached hydrogens (tertiary/aromatic N) is 2. The van der Waals surface area contributed by atoms with Crippen LogP contribution >= 0.6 is 22.7 Å². The molecule has 0 spiro atoms. The fraction of sp³-hybridized carbons (Fsp3) is 0. The average molecular weight is 1140 g/mol. The fourth-order valence-corrected chi connectivity index (χ4v) is 26.9. The second-order valence-corrected chi connectivity index (χ2v) is 32.0. The molecule has 0 amide bonds. The monoisotopic (exact) mass is 1140 g/mol. The standard InChI is InChI=1S/C78H52N2S2Si2/c1-6-24-53(25-7-1)79-70-40-19-16-36-62(70)66-52-73-67(51-72(66)79)63-37-17-20-41-71(63)80(73)54-26-22-35-59(48-54)83(55-27-8-2-9-28-55,56-29-10-3-11-30-56)60-44-46-75-68(49-60)69-50-61(45-47-76(69)81-75)84(57-31-12-4-13-32-57,58-33-14-5-15-34-58)77-43-23-39-65-64-38-18-21-42-74(64)82-78(65)77/h1-52H. The SMILES string of the molecule is c1ccc(-n2c3ccccc3c3cc4c(cc32)c2ccccc2n4-c2cccc([Si](c3ccccc3)(c3ccccc3)c3ccc4sc5ccc([Si](c6ccccc6)(c6ccccc6)c6cccc7c6sc6ccccc67)cc5c4c3)c2)cc1. The molecule has 17 rings (SSSR count). The van der Waals surface area contributed by atoms with E-state index >= 15 is 0 Å². The lowest BCUT2D eigenvalue weighted by molar-refractivity contribution is 1.18. The van der Waals surface area contributed by atoms with Crippen molar-refractivity contribution in [2.75, 3.05) is 0 Å². The van der Waals surface area contributed by atoms with Crippen LogP contribution in [0.25, 0.3) is 95.3 Å². The van der Waals surface area contributed by atoms with E-state index in [0.717, 1.165) is 11.4 Å². The molecule has 84 heavy (non-hydrogen) atoms. The molecule has 0 aliphatic rings. The Labute approximate surface area is 496 Å². The molecular formula is C78H52N2S2Si2. The quantitative estimate of drug-likeness (QED) is 0.0954. The van der Waals surface area contributed by atoms with Crippen LogP contribution in [0.15, 0.2) is 315 Å². The average Bonchev–Trinajstić information content (AvgIpc) is 2.95. The molecule has 0 atom stereocenters. The van der Waals surface area contributed by atoms with Gasteiger partial charge in [-0.15, -0.1) is 22.7 Å². The zero-order chi connectivity index (χ0) is 55.3. The Kier molecular flexibility index (Phi) is 11.4. The van der Waals surface area contributed by atoms with Gasteiger partial charge in [0.1, 0.15) is 0 Å². The maximum atomic E-state index is 2.61. The minimum Gasteiger partial charge on any atom is -0.309 e. The van der Waals surface area contributed by atoms with Gasteiger partial charge in [0, 0.05) is 73.3 Å². The van der Waals surface area contributed by atoms with Crippen molar-refractivity contribution in [1.29, 1.82) is 0 Å². The summed E-state index contributed by atoms with van der Waals surface area (Å²) in [4.78, 5) is 0. The molecule has 0 aliphatic heterocycles. The molecule has 0 saturated heterocycles. The van der Waals surface area contributed by atoms with Gasteiger partial charge in [-0.2, -0.15) is 0 Å². The summed E-state index contributed by atoms with van der Waals surface area (Å²) in [6.07, 6.45) is 0. The van der Waals surface area contributed by atoms with E-state index in [9.17, 15) is 0 Å². The molecule has 17 aromatic rings. The van der Waals surface area contributed by atoms with E-state index in [0.29, 0.717) is 0 Å². The highest BCUT2D eigenvalue weighted by atomic mass is 32.1. The largest absolute Gasteiger partial charge is 0.309 e. The van der Waals surface area contributed by atoms with Gasteiger partial charge < -0.3 is 9.13 Å². The van der Waals surface area contributed by atoms with Gasteiger partial charge >= 0.3 is 0 Å². The van der Waals surface area contributed by atoms with Crippen molar-refractivity contribution >= 4 is 164 Å². The summed E-state index contributed by atoms with van der Waals surface area (Å²) in [6, 6.07) is 120. The fourth-order valence-electron chi connectivity index (χ4n) is 14.4. The first-order valence-corrected chi connectivity index (χ1v) is 34.5. The Balaban J connectivity index is 0.916. The number of hydrogen-bond donors (Lipinski definition) is 0. The van der Waals surface area contributed by atoms with Gasteiger partial charge in [-0.3, -0.25) is 0 Å². The van der Waals surface area contributed by atoms with Gasteiger partial charge in [-0.1, -0.05) is 249 Å². The predicted molar refractivity (Wildman–Crippen MR) is 368 cm³/mol. The summed E-state index contributed by atoms with van der Waals surface area (Å²) in [5, 5.41) is 21.2. The summed E-state index contributed by atoms with van der Waals surface area (Å²) in [5.74, 6) is 0. The van der Waals surface area contributed by atoms with Crippen LogP contribution in [0.4, 0.5) is 0 Å². The van der Waals surface area contributed by atoms with Gasteiger partial charge in [-0.25, -0.2) is 0 Å². The third-order valence-electron chi connectivity index (χ3n) is 18.0. The summed E-state index contributed by atoms with van der Waals surface area (Å²) in [7, 11) is -6.14. The lowest BCUT2D eigenvalue weighted by atomic mass is 10.1. The summed E-state index contributed by atoms with van der Waals surface area (Å²) < 4.78 is 10.3. The van der Waals surface area contributed by atoms with Crippen molar-refractivity contribution < 1.29 is 0 Å². The minimum absolute atomic E-state index is 1.15. The van der Waals surface area contributed by atoms with Crippen molar-refractivity contribution in [3.8, 4) is 11.4 Å². The van der Waals surface area contributed by atoms with Gasteiger partial charge in [0.25, 0.3) is 0 Å². The zero-order valence-electron chi connectivity index (χ0n) is 45.7. The van der Waals surface area contributed by atoms with Crippen molar-refractivity contribution in [2.24, 2.45) is 0 Å². The molecule has 6 heteroatoms.